The number of halogens is 1. The van der Waals surface area contributed by atoms with Gasteiger partial charge in [0.15, 0.2) is 0 Å². The van der Waals surface area contributed by atoms with Crippen LogP contribution in [0.1, 0.15) is 18.4 Å². The first-order valence-electron chi connectivity index (χ1n) is 5.70. The van der Waals surface area contributed by atoms with Crippen molar-refractivity contribution >= 4 is 17.9 Å². The summed E-state index contributed by atoms with van der Waals surface area (Å²) in [5.74, 6) is 0.266. The lowest BCUT2D eigenvalue weighted by atomic mass is 9.98. The fourth-order valence-corrected chi connectivity index (χ4v) is 2.31. The highest BCUT2D eigenvalue weighted by Crippen LogP contribution is 2.21. The summed E-state index contributed by atoms with van der Waals surface area (Å²) in [5.41, 5.74) is 1.17. The molecule has 1 heterocycles. The van der Waals surface area contributed by atoms with E-state index in [4.69, 9.17) is 11.6 Å². The molecule has 0 aliphatic carbocycles. The first-order chi connectivity index (χ1) is 7.79. The highest BCUT2D eigenvalue weighted by molar-refractivity contribution is 6.31. The van der Waals surface area contributed by atoms with Crippen LogP contribution in [0, 0.1) is 5.92 Å². The molecule has 0 N–H and O–H groups in total. The van der Waals surface area contributed by atoms with E-state index in [-0.39, 0.29) is 5.92 Å². The van der Waals surface area contributed by atoms with E-state index < -0.39 is 0 Å². The number of hydrogen-bond acceptors (Lipinski definition) is 2. The third-order valence-corrected chi connectivity index (χ3v) is 3.55. The van der Waals surface area contributed by atoms with Crippen LogP contribution in [0.25, 0.3) is 0 Å². The lowest BCUT2D eigenvalue weighted by Gasteiger charge is -2.29. The minimum atomic E-state index is 0.266. The summed E-state index contributed by atoms with van der Waals surface area (Å²) in [4.78, 5) is 13.0. The number of likely N-dealkylation sites (tertiary alicyclic amines) is 1. The monoisotopic (exact) mass is 237 g/mol. The van der Waals surface area contributed by atoms with Crippen LogP contribution in [0.4, 0.5) is 0 Å². The summed E-state index contributed by atoms with van der Waals surface area (Å²) in [6.07, 6.45) is 3.05. The molecule has 16 heavy (non-hydrogen) atoms. The molecule has 0 amide bonds. The van der Waals surface area contributed by atoms with Crippen LogP contribution < -0.4 is 0 Å². The van der Waals surface area contributed by atoms with Gasteiger partial charge in [-0.1, -0.05) is 29.8 Å². The summed E-state index contributed by atoms with van der Waals surface area (Å²) < 4.78 is 0. The normalized spacial score (nSPS) is 18.6. The highest BCUT2D eigenvalue weighted by atomic mass is 35.5. The van der Waals surface area contributed by atoms with Crippen LogP contribution in [0.2, 0.25) is 5.02 Å². The minimum absolute atomic E-state index is 0.266. The summed E-state index contributed by atoms with van der Waals surface area (Å²) in [6, 6.07) is 7.95. The Labute approximate surface area is 101 Å². The van der Waals surface area contributed by atoms with Gasteiger partial charge < -0.3 is 4.79 Å². The number of piperidine rings is 1. The summed E-state index contributed by atoms with van der Waals surface area (Å²) in [6.45, 7) is 2.88. The van der Waals surface area contributed by atoms with E-state index in [1.165, 1.54) is 5.56 Å². The molecule has 1 saturated heterocycles. The summed E-state index contributed by atoms with van der Waals surface area (Å²) >= 11 is 6.12. The topological polar surface area (TPSA) is 20.3 Å². The Hall–Kier alpha value is -0.860. The van der Waals surface area contributed by atoms with Crippen molar-refractivity contribution in [1.82, 2.24) is 4.90 Å². The van der Waals surface area contributed by atoms with Crippen molar-refractivity contribution in [3.05, 3.63) is 34.9 Å². The third-order valence-electron chi connectivity index (χ3n) is 3.18. The van der Waals surface area contributed by atoms with E-state index >= 15 is 0 Å². The van der Waals surface area contributed by atoms with Gasteiger partial charge in [0.1, 0.15) is 6.29 Å². The molecule has 2 nitrogen and oxygen atoms in total. The van der Waals surface area contributed by atoms with Crippen molar-refractivity contribution in [3.8, 4) is 0 Å². The number of rotatable bonds is 3. The Balaban J connectivity index is 1.92. The predicted molar refractivity (Wildman–Crippen MR) is 65.5 cm³/mol. The number of benzene rings is 1. The molecule has 1 fully saturated rings. The standard InChI is InChI=1S/C13H16ClNO/c14-13-4-2-1-3-12(13)9-15-7-5-11(10-16)6-8-15/h1-4,10-11H,5-9H2. The van der Waals surface area contributed by atoms with Crippen molar-refractivity contribution in [3.63, 3.8) is 0 Å². The largest absolute Gasteiger partial charge is 0.303 e. The molecule has 0 radical (unpaired) electrons. The Morgan fingerprint density at radius 3 is 2.62 bits per heavy atom. The van der Waals surface area contributed by atoms with Crippen LogP contribution >= 0.6 is 11.6 Å². The van der Waals surface area contributed by atoms with E-state index in [9.17, 15) is 4.79 Å². The number of hydrogen-bond donors (Lipinski definition) is 0. The Bertz CT molecular complexity index is 359. The first-order valence-corrected chi connectivity index (χ1v) is 6.08. The average molecular weight is 238 g/mol. The Morgan fingerprint density at radius 2 is 2.00 bits per heavy atom. The van der Waals surface area contributed by atoms with Crippen LogP contribution in [0.5, 0.6) is 0 Å². The van der Waals surface area contributed by atoms with Crippen LogP contribution in [0.3, 0.4) is 0 Å². The molecule has 0 unspecified atom stereocenters. The molecular formula is C13H16ClNO. The molecule has 86 valence electrons. The second kappa shape index (κ2) is 5.46. The molecule has 1 aromatic carbocycles. The molecule has 0 atom stereocenters. The molecule has 3 heteroatoms. The van der Waals surface area contributed by atoms with E-state index in [2.05, 4.69) is 11.0 Å². The maximum absolute atomic E-state index is 10.6. The lowest BCUT2D eigenvalue weighted by Crippen LogP contribution is -2.33. The molecule has 0 spiro atoms. The van der Waals surface area contributed by atoms with Gasteiger partial charge in [-0.2, -0.15) is 0 Å². The zero-order chi connectivity index (χ0) is 11.4. The second-order valence-corrected chi connectivity index (χ2v) is 4.75. The highest BCUT2D eigenvalue weighted by Gasteiger charge is 2.18. The van der Waals surface area contributed by atoms with E-state index in [0.29, 0.717) is 0 Å². The number of aldehydes is 1. The molecule has 1 aliphatic rings. The smallest absolute Gasteiger partial charge is 0.123 e. The molecule has 0 saturated carbocycles. The van der Waals surface area contributed by atoms with Crippen molar-refractivity contribution in [1.29, 1.82) is 0 Å². The van der Waals surface area contributed by atoms with E-state index in [1.807, 2.05) is 18.2 Å². The van der Waals surface area contributed by atoms with Gasteiger partial charge in [0, 0.05) is 17.5 Å². The fourth-order valence-electron chi connectivity index (χ4n) is 2.11. The maximum Gasteiger partial charge on any atom is 0.123 e. The van der Waals surface area contributed by atoms with Crippen LogP contribution in [-0.2, 0) is 11.3 Å². The van der Waals surface area contributed by atoms with Crippen LogP contribution in [-0.4, -0.2) is 24.3 Å². The molecule has 2 rings (SSSR count). The number of nitrogens with zero attached hydrogens (tertiary/aromatic N) is 1. The first kappa shape index (κ1) is 11.6. The van der Waals surface area contributed by atoms with Crippen LogP contribution in [0.15, 0.2) is 24.3 Å². The number of carbonyl (C=O) groups is 1. The predicted octanol–water partition coefficient (Wildman–Crippen LogP) is 2.75. The molecule has 0 aromatic heterocycles. The zero-order valence-corrected chi connectivity index (χ0v) is 9.99. The third kappa shape index (κ3) is 2.83. The molecular weight excluding hydrogens is 222 g/mol. The van der Waals surface area contributed by atoms with Gasteiger partial charge in [-0.25, -0.2) is 0 Å². The van der Waals surface area contributed by atoms with Gasteiger partial charge in [0.2, 0.25) is 0 Å². The Morgan fingerprint density at radius 1 is 1.31 bits per heavy atom. The summed E-state index contributed by atoms with van der Waals surface area (Å²) in [7, 11) is 0. The average Bonchev–Trinajstić information content (AvgIpc) is 2.33. The van der Waals surface area contributed by atoms with Crippen molar-refractivity contribution in [2.75, 3.05) is 13.1 Å². The van der Waals surface area contributed by atoms with Gasteiger partial charge in [0.25, 0.3) is 0 Å². The van der Waals surface area contributed by atoms with Gasteiger partial charge in [-0.3, -0.25) is 4.90 Å². The van der Waals surface area contributed by atoms with E-state index in [0.717, 1.165) is 43.8 Å². The van der Waals surface area contributed by atoms with Crippen molar-refractivity contribution in [2.24, 2.45) is 5.92 Å². The van der Waals surface area contributed by atoms with Crippen molar-refractivity contribution < 1.29 is 4.79 Å². The lowest BCUT2D eigenvalue weighted by molar-refractivity contribution is -0.112. The zero-order valence-electron chi connectivity index (χ0n) is 9.23. The van der Waals surface area contributed by atoms with E-state index in [1.54, 1.807) is 0 Å². The fraction of sp³-hybridized carbons (Fsp3) is 0.462. The second-order valence-electron chi connectivity index (χ2n) is 4.34. The minimum Gasteiger partial charge on any atom is -0.303 e. The van der Waals surface area contributed by atoms with Gasteiger partial charge in [-0.05, 0) is 37.6 Å². The molecule has 0 bridgehead atoms. The van der Waals surface area contributed by atoms with Crippen molar-refractivity contribution in [2.45, 2.75) is 19.4 Å². The van der Waals surface area contributed by atoms with Gasteiger partial charge >= 0.3 is 0 Å². The number of carbonyl (C=O) groups excluding carboxylic acids is 1. The Kier molecular flexibility index (Phi) is 3.97. The maximum atomic E-state index is 10.6. The molecule has 1 aliphatic heterocycles. The van der Waals surface area contributed by atoms with Gasteiger partial charge in [-0.15, -0.1) is 0 Å². The summed E-state index contributed by atoms with van der Waals surface area (Å²) in [5, 5.41) is 0.833. The molecule has 1 aromatic rings. The van der Waals surface area contributed by atoms with Gasteiger partial charge in [0.05, 0.1) is 0 Å². The quantitative estimate of drug-likeness (QED) is 0.754. The SMILES string of the molecule is O=CC1CCN(Cc2ccccc2Cl)CC1.